The van der Waals surface area contributed by atoms with E-state index in [1.54, 1.807) is 12.1 Å². The SMILES string of the molecule is O=C(N=C1N=C2C=CC=CN2Cc2ccccc21)c1ccc(Cl)cc1Cl. The summed E-state index contributed by atoms with van der Waals surface area (Å²) in [6.07, 6.45) is 7.70. The van der Waals surface area contributed by atoms with E-state index in [9.17, 15) is 4.79 Å². The zero-order chi connectivity index (χ0) is 18.1. The van der Waals surface area contributed by atoms with Gasteiger partial charge in [-0.2, -0.15) is 4.99 Å². The molecule has 0 aliphatic carbocycles. The third-order valence-electron chi connectivity index (χ3n) is 4.11. The molecule has 26 heavy (non-hydrogen) atoms. The van der Waals surface area contributed by atoms with E-state index in [0.29, 0.717) is 23.0 Å². The zero-order valence-corrected chi connectivity index (χ0v) is 15.1. The van der Waals surface area contributed by atoms with Crippen molar-refractivity contribution >= 4 is 40.8 Å². The molecule has 2 heterocycles. The van der Waals surface area contributed by atoms with Crippen LogP contribution in [0, 0.1) is 0 Å². The maximum absolute atomic E-state index is 12.7. The first-order valence-electron chi connectivity index (χ1n) is 7.98. The highest BCUT2D eigenvalue weighted by atomic mass is 35.5. The minimum atomic E-state index is -0.454. The van der Waals surface area contributed by atoms with Gasteiger partial charge in [-0.25, -0.2) is 4.99 Å². The highest BCUT2D eigenvalue weighted by Gasteiger charge is 2.21. The standard InChI is InChI=1S/C20H13Cl2N3O/c21-14-8-9-16(17(22)11-14)20(26)24-19-15-6-2-1-5-13(15)12-25-10-4-3-7-18(25)23-19/h1-11H,12H2. The second-order valence-electron chi connectivity index (χ2n) is 5.82. The molecule has 0 aromatic heterocycles. The fourth-order valence-corrected chi connectivity index (χ4v) is 3.32. The van der Waals surface area contributed by atoms with Crippen LogP contribution in [0.4, 0.5) is 0 Å². The fraction of sp³-hybridized carbons (Fsp3) is 0.0500. The number of amides is 1. The first-order chi connectivity index (χ1) is 12.6. The molecule has 0 unspecified atom stereocenters. The van der Waals surface area contributed by atoms with Crippen molar-refractivity contribution in [2.75, 3.05) is 0 Å². The minimum absolute atomic E-state index is 0.267. The second-order valence-corrected chi connectivity index (χ2v) is 6.66. The Labute approximate surface area is 160 Å². The van der Waals surface area contributed by atoms with E-state index in [-0.39, 0.29) is 5.02 Å². The van der Waals surface area contributed by atoms with E-state index < -0.39 is 5.91 Å². The average molecular weight is 382 g/mol. The maximum atomic E-state index is 12.7. The molecule has 0 fully saturated rings. The van der Waals surface area contributed by atoms with Crippen LogP contribution in [0.25, 0.3) is 0 Å². The van der Waals surface area contributed by atoms with E-state index in [2.05, 4.69) is 9.98 Å². The predicted octanol–water partition coefficient (Wildman–Crippen LogP) is 4.88. The Morgan fingerprint density at radius 1 is 1.12 bits per heavy atom. The van der Waals surface area contributed by atoms with E-state index in [1.165, 1.54) is 6.07 Å². The number of rotatable bonds is 1. The number of aliphatic imine (C=N–C) groups is 2. The zero-order valence-electron chi connectivity index (χ0n) is 13.6. The van der Waals surface area contributed by atoms with E-state index >= 15 is 0 Å². The summed E-state index contributed by atoms with van der Waals surface area (Å²) in [6, 6.07) is 12.5. The number of amidine groups is 2. The average Bonchev–Trinajstić information content (AvgIpc) is 2.78. The second kappa shape index (κ2) is 6.90. The van der Waals surface area contributed by atoms with Gasteiger partial charge >= 0.3 is 0 Å². The number of hydrogen-bond acceptors (Lipinski definition) is 2. The Balaban J connectivity index is 1.82. The molecule has 1 amide bonds. The molecule has 2 aromatic rings. The minimum Gasteiger partial charge on any atom is -0.329 e. The van der Waals surface area contributed by atoms with Crippen molar-refractivity contribution in [3.63, 3.8) is 0 Å². The summed E-state index contributed by atoms with van der Waals surface area (Å²) < 4.78 is 0. The van der Waals surface area contributed by atoms with Crippen LogP contribution < -0.4 is 0 Å². The summed E-state index contributed by atoms with van der Waals surface area (Å²) in [7, 11) is 0. The van der Waals surface area contributed by atoms with Gasteiger partial charge in [0.2, 0.25) is 0 Å². The Hall–Kier alpha value is -2.69. The first-order valence-corrected chi connectivity index (χ1v) is 8.74. The number of halogens is 2. The summed E-state index contributed by atoms with van der Waals surface area (Å²) in [5.74, 6) is 0.649. The van der Waals surface area contributed by atoms with Crippen LogP contribution in [-0.4, -0.2) is 22.5 Å². The van der Waals surface area contributed by atoms with Gasteiger partial charge in [-0.05, 0) is 35.9 Å². The lowest BCUT2D eigenvalue weighted by atomic mass is 10.1. The van der Waals surface area contributed by atoms with Gasteiger partial charge in [0.05, 0.1) is 10.6 Å². The van der Waals surface area contributed by atoms with Gasteiger partial charge in [0, 0.05) is 23.3 Å². The Kier molecular flexibility index (Phi) is 4.45. The van der Waals surface area contributed by atoms with Gasteiger partial charge in [0.25, 0.3) is 5.91 Å². The van der Waals surface area contributed by atoms with Crippen LogP contribution in [0.1, 0.15) is 21.5 Å². The summed E-state index contributed by atoms with van der Waals surface area (Å²) in [4.78, 5) is 23.6. The lowest BCUT2D eigenvalue weighted by Gasteiger charge is -2.20. The molecule has 0 atom stereocenters. The number of carbonyl (C=O) groups excluding carboxylic acids is 1. The number of hydrogen-bond donors (Lipinski definition) is 0. The summed E-state index contributed by atoms with van der Waals surface area (Å²) >= 11 is 12.1. The van der Waals surface area contributed by atoms with Gasteiger partial charge in [-0.1, -0.05) is 53.5 Å². The summed E-state index contributed by atoms with van der Waals surface area (Å²) in [6.45, 7) is 0.657. The monoisotopic (exact) mass is 381 g/mol. The van der Waals surface area contributed by atoms with Crippen molar-refractivity contribution in [2.45, 2.75) is 6.54 Å². The molecular weight excluding hydrogens is 369 g/mol. The van der Waals surface area contributed by atoms with Crippen molar-refractivity contribution < 1.29 is 4.79 Å². The Morgan fingerprint density at radius 2 is 1.96 bits per heavy atom. The molecule has 0 saturated heterocycles. The molecular formula is C20H13Cl2N3O. The highest BCUT2D eigenvalue weighted by Crippen LogP contribution is 2.24. The van der Waals surface area contributed by atoms with Crippen molar-refractivity contribution in [3.05, 3.63) is 93.6 Å². The molecule has 0 radical (unpaired) electrons. The van der Waals surface area contributed by atoms with E-state index in [1.807, 2.05) is 53.6 Å². The third kappa shape index (κ3) is 3.21. The van der Waals surface area contributed by atoms with E-state index in [0.717, 1.165) is 17.0 Å². The fourth-order valence-electron chi connectivity index (χ4n) is 2.84. The molecule has 2 aliphatic heterocycles. The molecule has 0 bridgehead atoms. The summed E-state index contributed by atoms with van der Waals surface area (Å²) in [5.41, 5.74) is 2.16. The topological polar surface area (TPSA) is 45.0 Å². The summed E-state index contributed by atoms with van der Waals surface area (Å²) in [5, 5.41) is 0.734. The lowest BCUT2D eigenvalue weighted by molar-refractivity contribution is 0.100. The Bertz CT molecular complexity index is 1020. The van der Waals surface area contributed by atoms with E-state index in [4.69, 9.17) is 23.2 Å². The molecule has 0 spiro atoms. The quantitative estimate of drug-likeness (QED) is 0.706. The van der Waals surface area contributed by atoms with Crippen LogP contribution in [0.3, 0.4) is 0 Å². The molecule has 0 N–H and O–H groups in total. The smallest absolute Gasteiger partial charge is 0.280 e. The molecule has 4 rings (SSSR count). The Morgan fingerprint density at radius 3 is 2.81 bits per heavy atom. The van der Waals surface area contributed by atoms with Crippen LogP contribution in [0.2, 0.25) is 10.0 Å². The normalized spacial score (nSPS) is 16.8. The molecule has 128 valence electrons. The molecule has 4 nitrogen and oxygen atoms in total. The largest absolute Gasteiger partial charge is 0.329 e. The van der Waals surface area contributed by atoms with Crippen molar-refractivity contribution in [3.8, 4) is 0 Å². The predicted molar refractivity (Wildman–Crippen MR) is 105 cm³/mol. The molecule has 2 aliphatic rings. The van der Waals surface area contributed by atoms with Gasteiger partial charge in [-0.3, -0.25) is 4.79 Å². The number of nitrogens with zero attached hydrogens (tertiary/aromatic N) is 3. The van der Waals surface area contributed by atoms with Gasteiger partial charge in [-0.15, -0.1) is 0 Å². The van der Waals surface area contributed by atoms with Gasteiger partial charge in [0.1, 0.15) is 5.84 Å². The number of benzene rings is 2. The highest BCUT2D eigenvalue weighted by molar-refractivity contribution is 6.37. The van der Waals surface area contributed by atoms with Gasteiger partial charge in [0.15, 0.2) is 5.84 Å². The first kappa shape index (κ1) is 16.8. The number of allylic oxidation sites excluding steroid dienone is 2. The van der Waals surface area contributed by atoms with Crippen LogP contribution in [-0.2, 0) is 6.54 Å². The molecule has 6 heteroatoms. The number of carbonyl (C=O) groups is 1. The molecule has 2 aromatic carbocycles. The van der Waals surface area contributed by atoms with Crippen molar-refractivity contribution in [1.29, 1.82) is 0 Å². The van der Waals surface area contributed by atoms with Crippen molar-refractivity contribution in [2.24, 2.45) is 9.98 Å². The van der Waals surface area contributed by atoms with Crippen LogP contribution in [0.15, 0.2) is 76.9 Å². The molecule has 0 saturated carbocycles. The van der Waals surface area contributed by atoms with Gasteiger partial charge < -0.3 is 4.90 Å². The van der Waals surface area contributed by atoms with Crippen molar-refractivity contribution in [1.82, 2.24) is 4.90 Å². The number of fused-ring (bicyclic) bond motifs is 2. The van der Waals surface area contributed by atoms with Crippen LogP contribution >= 0.6 is 23.2 Å². The van der Waals surface area contributed by atoms with Crippen LogP contribution in [0.5, 0.6) is 0 Å². The third-order valence-corrected chi connectivity index (χ3v) is 4.65. The maximum Gasteiger partial charge on any atom is 0.280 e. The lowest BCUT2D eigenvalue weighted by Crippen LogP contribution is -2.24.